The number of rotatable bonds is 6. The largest absolute Gasteiger partial charge is 0.497 e. The Kier molecular flexibility index (Phi) is 5.80. The van der Waals surface area contributed by atoms with Gasteiger partial charge in [-0.3, -0.25) is 5.43 Å². The van der Waals surface area contributed by atoms with Crippen molar-refractivity contribution in [2.75, 3.05) is 12.5 Å². The van der Waals surface area contributed by atoms with Crippen molar-refractivity contribution in [2.24, 2.45) is 5.10 Å². The highest BCUT2D eigenvalue weighted by atomic mass is 32.2. The molecule has 3 rings (SSSR count). The lowest BCUT2D eigenvalue weighted by molar-refractivity contribution is 0.415. The first-order valence-electron chi connectivity index (χ1n) is 8.77. The molecule has 0 amide bonds. The molecule has 3 aromatic rings. The summed E-state index contributed by atoms with van der Waals surface area (Å²) in [7, 11) is -1.90. The van der Waals surface area contributed by atoms with Gasteiger partial charge in [0.2, 0.25) is 9.84 Å². The Morgan fingerprint density at radius 2 is 1.39 bits per heavy atom. The normalized spacial score (nSPS) is 11.9. The van der Waals surface area contributed by atoms with E-state index < -0.39 is 9.84 Å². The molecule has 144 valence electrons. The van der Waals surface area contributed by atoms with Crippen LogP contribution >= 0.6 is 0 Å². The van der Waals surface area contributed by atoms with Gasteiger partial charge in [-0.15, -0.1) is 0 Å². The molecular formula is C22H22N2O3S. The minimum atomic E-state index is -3.53. The summed E-state index contributed by atoms with van der Waals surface area (Å²) >= 11 is 0. The molecule has 0 saturated carbocycles. The Morgan fingerprint density at radius 1 is 0.857 bits per heavy atom. The molecule has 6 heteroatoms. The van der Waals surface area contributed by atoms with Crippen molar-refractivity contribution in [1.29, 1.82) is 0 Å². The van der Waals surface area contributed by atoms with Crippen molar-refractivity contribution in [2.45, 2.75) is 23.6 Å². The number of aryl methyl sites for hydroxylation is 1. The summed E-state index contributed by atoms with van der Waals surface area (Å²) in [5.41, 5.74) is 6.45. The van der Waals surface area contributed by atoms with E-state index in [9.17, 15) is 8.42 Å². The van der Waals surface area contributed by atoms with E-state index in [0.717, 1.165) is 22.6 Å². The van der Waals surface area contributed by atoms with Crippen molar-refractivity contribution in [3.63, 3.8) is 0 Å². The van der Waals surface area contributed by atoms with Crippen LogP contribution in [-0.4, -0.2) is 21.2 Å². The fourth-order valence-corrected chi connectivity index (χ4v) is 3.87. The lowest BCUT2D eigenvalue weighted by atomic mass is 10.1. The highest BCUT2D eigenvalue weighted by molar-refractivity contribution is 7.91. The van der Waals surface area contributed by atoms with Gasteiger partial charge in [-0.25, -0.2) is 8.42 Å². The molecule has 0 atom stereocenters. The quantitative estimate of drug-likeness (QED) is 0.487. The van der Waals surface area contributed by atoms with Gasteiger partial charge in [-0.2, -0.15) is 5.10 Å². The van der Waals surface area contributed by atoms with Crippen molar-refractivity contribution < 1.29 is 13.2 Å². The van der Waals surface area contributed by atoms with Gasteiger partial charge < -0.3 is 4.74 Å². The van der Waals surface area contributed by atoms with Gasteiger partial charge in [0.25, 0.3) is 0 Å². The monoisotopic (exact) mass is 394 g/mol. The molecule has 0 aliphatic rings. The SMILES string of the molecule is COc1ccc(/C(C)=N\Nc2ccc(S(=O)(=O)c3ccc(C)cc3)cc2)cc1. The van der Waals surface area contributed by atoms with Crippen molar-refractivity contribution in [1.82, 2.24) is 0 Å². The number of methoxy groups -OCH3 is 1. The van der Waals surface area contributed by atoms with E-state index >= 15 is 0 Å². The lowest BCUT2D eigenvalue weighted by Gasteiger charge is -2.07. The zero-order valence-corrected chi connectivity index (χ0v) is 16.8. The first-order chi connectivity index (χ1) is 13.4. The molecular weight excluding hydrogens is 372 g/mol. The van der Waals surface area contributed by atoms with Crippen LogP contribution in [0.15, 0.2) is 87.7 Å². The predicted molar refractivity (Wildman–Crippen MR) is 112 cm³/mol. The number of hydrazone groups is 1. The topological polar surface area (TPSA) is 67.8 Å². The van der Waals surface area contributed by atoms with Gasteiger partial charge in [0.05, 0.1) is 28.3 Å². The van der Waals surface area contributed by atoms with Crippen LogP contribution in [0.5, 0.6) is 5.75 Å². The van der Waals surface area contributed by atoms with E-state index in [4.69, 9.17) is 4.74 Å². The van der Waals surface area contributed by atoms with E-state index in [1.807, 2.05) is 38.1 Å². The van der Waals surface area contributed by atoms with Gasteiger partial charge in [-0.05, 0) is 80.1 Å². The molecule has 0 heterocycles. The predicted octanol–water partition coefficient (Wildman–Crippen LogP) is 4.67. The summed E-state index contributed by atoms with van der Waals surface area (Å²) in [5.74, 6) is 0.787. The number of nitrogens with one attached hydrogen (secondary N) is 1. The standard InChI is InChI=1S/C22H22N2O3S/c1-16-4-12-21(13-5-16)28(25,26)22-14-8-19(9-15-22)24-23-17(2)18-6-10-20(27-3)11-7-18/h4-15,24H,1-3H3/b23-17-. The molecule has 0 fully saturated rings. The molecule has 0 spiro atoms. The number of nitrogens with zero attached hydrogens (tertiary/aromatic N) is 1. The van der Waals surface area contributed by atoms with Gasteiger partial charge >= 0.3 is 0 Å². The maximum atomic E-state index is 12.7. The maximum Gasteiger partial charge on any atom is 0.206 e. The molecule has 3 aromatic carbocycles. The Labute approximate surface area is 165 Å². The summed E-state index contributed by atoms with van der Waals surface area (Å²) in [4.78, 5) is 0.532. The van der Waals surface area contributed by atoms with E-state index in [0.29, 0.717) is 5.69 Å². The Hall–Kier alpha value is -3.12. The number of hydrogen-bond acceptors (Lipinski definition) is 5. The Bertz CT molecular complexity index is 1070. The van der Waals surface area contributed by atoms with E-state index in [-0.39, 0.29) is 9.79 Å². The minimum absolute atomic E-state index is 0.248. The van der Waals surface area contributed by atoms with Gasteiger partial charge in [0.1, 0.15) is 5.75 Å². The zero-order valence-electron chi connectivity index (χ0n) is 16.0. The lowest BCUT2D eigenvalue weighted by Crippen LogP contribution is -2.03. The molecule has 0 radical (unpaired) electrons. The number of hydrogen-bond donors (Lipinski definition) is 1. The molecule has 0 saturated heterocycles. The first kappa shape index (κ1) is 19.6. The minimum Gasteiger partial charge on any atom is -0.497 e. The summed E-state index contributed by atoms with van der Waals surface area (Å²) in [6.45, 7) is 3.82. The van der Waals surface area contributed by atoms with E-state index in [2.05, 4.69) is 10.5 Å². The number of anilines is 1. The molecule has 0 aliphatic carbocycles. The second-order valence-electron chi connectivity index (χ2n) is 6.38. The van der Waals surface area contributed by atoms with Gasteiger partial charge in [0.15, 0.2) is 0 Å². The van der Waals surface area contributed by atoms with Gasteiger partial charge in [0, 0.05) is 0 Å². The summed E-state index contributed by atoms with van der Waals surface area (Å²) in [6, 6.07) is 21.0. The van der Waals surface area contributed by atoms with Crippen molar-refractivity contribution >= 4 is 21.2 Å². The highest BCUT2D eigenvalue weighted by Crippen LogP contribution is 2.23. The summed E-state index contributed by atoms with van der Waals surface area (Å²) in [5, 5.41) is 4.36. The summed E-state index contributed by atoms with van der Waals surface area (Å²) in [6.07, 6.45) is 0. The average molecular weight is 394 g/mol. The van der Waals surface area contributed by atoms with Crippen LogP contribution in [0, 0.1) is 6.92 Å². The van der Waals surface area contributed by atoms with Crippen molar-refractivity contribution in [3.8, 4) is 5.75 Å². The Morgan fingerprint density at radius 3 is 1.93 bits per heavy atom. The van der Waals surface area contributed by atoms with Crippen LogP contribution in [0.2, 0.25) is 0 Å². The molecule has 0 aromatic heterocycles. The third-order valence-corrected chi connectivity index (χ3v) is 6.14. The Balaban J connectivity index is 1.74. The van der Waals surface area contributed by atoms with E-state index in [1.54, 1.807) is 55.6 Å². The molecule has 28 heavy (non-hydrogen) atoms. The number of benzene rings is 3. The van der Waals surface area contributed by atoms with Crippen LogP contribution in [-0.2, 0) is 9.84 Å². The van der Waals surface area contributed by atoms with Crippen LogP contribution in [0.3, 0.4) is 0 Å². The molecule has 1 N–H and O–H groups in total. The number of sulfone groups is 1. The van der Waals surface area contributed by atoms with Crippen LogP contribution < -0.4 is 10.2 Å². The first-order valence-corrected chi connectivity index (χ1v) is 10.2. The fourth-order valence-electron chi connectivity index (χ4n) is 2.61. The molecule has 5 nitrogen and oxygen atoms in total. The van der Waals surface area contributed by atoms with Gasteiger partial charge in [-0.1, -0.05) is 17.7 Å². The van der Waals surface area contributed by atoms with Crippen LogP contribution in [0.25, 0.3) is 0 Å². The summed E-state index contributed by atoms with van der Waals surface area (Å²) < 4.78 is 30.6. The van der Waals surface area contributed by atoms with Crippen molar-refractivity contribution in [3.05, 3.63) is 83.9 Å². The zero-order chi connectivity index (χ0) is 20.1. The highest BCUT2D eigenvalue weighted by Gasteiger charge is 2.17. The smallest absolute Gasteiger partial charge is 0.206 e. The average Bonchev–Trinajstić information content (AvgIpc) is 2.72. The van der Waals surface area contributed by atoms with Crippen LogP contribution in [0.1, 0.15) is 18.1 Å². The second kappa shape index (κ2) is 8.27. The second-order valence-corrected chi connectivity index (χ2v) is 8.33. The third kappa shape index (κ3) is 4.40. The fraction of sp³-hybridized carbons (Fsp3) is 0.136. The van der Waals surface area contributed by atoms with Crippen LogP contribution in [0.4, 0.5) is 5.69 Å². The van der Waals surface area contributed by atoms with E-state index in [1.165, 1.54) is 0 Å². The number of ether oxygens (including phenoxy) is 1. The molecule has 0 unspecified atom stereocenters. The molecule has 0 aliphatic heterocycles. The molecule has 0 bridgehead atoms. The maximum absolute atomic E-state index is 12.7. The third-order valence-electron chi connectivity index (χ3n) is 4.36.